The molecular formula is C25H24Cl2N4OS. The fraction of sp³-hybridized carbons (Fsp3) is 0.120. The van der Waals surface area contributed by atoms with E-state index in [1.54, 1.807) is 31.2 Å². The number of nitrogens with one attached hydrogen (secondary N) is 2. The average Bonchev–Trinajstić information content (AvgIpc) is 2.81. The number of hydrogen-bond donors (Lipinski definition) is 3. The molecule has 0 fully saturated rings. The Kier molecular flexibility index (Phi) is 8.83. The summed E-state index contributed by atoms with van der Waals surface area (Å²) in [5.74, 6) is -0.335. The molecule has 0 saturated carbocycles. The van der Waals surface area contributed by atoms with E-state index >= 15 is 0 Å². The summed E-state index contributed by atoms with van der Waals surface area (Å²) in [5.41, 5.74) is 9.99. The van der Waals surface area contributed by atoms with E-state index in [1.165, 1.54) is 18.1 Å². The highest BCUT2D eigenvalue weighted by Crippen LogP contribution is 2.29. The number of rotatable bonds is 8. The minimum Gasteiger partial charge on any atom is -0.404 e. The van der Waals surface area contributed by atoms with Crippen molar-refractivity contribution in [1.29, 1.82) is 0 Å². The molecule has 0 aliphatic carbocycles. The molecule has 0 aliphatic heterocycles. The predicted molar refractivity (Wildman–Crippen MR) is 142 cm³/mol. The third-order valence-corrected chi connectivity index (χ3v) is 6.20. The van der Waals surface area contributed by atoms with Crippen molar-refractivity contribution in [2.75, 3.05) is 10.0 Å². The van der Waals surface area contributed by atoms with Crippen LogP contribution in [0, 0.1) is 0 Å². The molecule has 0 aromatic heterocycles. The van der Waals surface area contributed by atoms with E-state index in [2.05, 4.69) is 22.0 Å². The van der Waals surface area contributed by atoms with Gasteiger partial charge >= 0.3 is 0 Å². The molecule has 3 rings (SSSR count). The van der Waals surface area contributed by atoms with Gasteiger partial charge in [-0.25, -0.2) is 0 Å². The van der Waals surface area contributed by atoms with Crippen LogP contribution in [-0.2, 0) is 11.2 Å². The standard InChI is InChI=1S/C25H24Cl2N4OS/c1-3-17-4-9-22(14-24(17)33-31-21-12-7-19(27)8-13-21)30-25(32)23(15-28)16(2)29-20-10-5-18(26)6-11-20/h4-15,31H,3,28H2,1-2H3,(H,30,32)/b23-15+,29-16?. The molecule has 3 aromatic rings. The topological polar surface area (TPSA) is 79.5 Å². The molecular weight excluding hydrogens is 475 g/mol. The molecule has 8 heteroatoms. The molecule has 0 atom stereocenters. The minimum absolute atomic E-state index is 0.290. The van der Waals surface area contributed by atoms with Crippen LogP contribution in [-0.4, -0.2) is 11.6 Å². The first-order valence-electron chi connectivity index (χ1n) is 10.3. The van der Waals surface area contributed by atoms with Gasteiger partial charge in [0.1, 0.15) is 0 Å². The molecule has 0 bridgehead atoms. The summed E-state index contributed by atoms with van der Waals surface area (Å²) in [6, 6.07) is 20.3. The Bertz CT molecular complexity index is 1180. The van der Waals surface area contributed by atoms with E-state index in [9.17, 15) is 4.79 Å². The van der Waals surface area contributed by atoms with E-state index in [1.807, 2.05) is 42.5 Å². The number of amides is 1. The highest BCUT2D eigenvalue weighted by atomic mass is 35.5. The zero-order chi connectivity index (χ0) is 23.8. The summed E-state index contributed by atoms with van der Waals surface area (Å²) in [5, 5.41) is 4.22. The second-order valence-corrected chi connectivity index (χ2v) is 8.82. The van der Waals surface area contributed by atoms with Gasteiger partial charge in [0, 0.05) is 32.5 Å². The van der Waals surface area contributed by atoms with Crippen LogP contribution in [0.25, 0.3) is 0 Å². The van der Waals surface area contributed by atoms with Crippen molar-refractivity contribution in [2.24, 2.45) is 10.7 Å². The number of anilines is 2. The van der Waals surface area contributed by atoms with Crippen molar-refractivity contribution < 1.29 is 4.79 Å². The number of nitrogens with two attached hydrogens (primary N) is 1. The molecule has 170 valence electrons. The summed E-state index contributed by atoms with van der Waals surface area (Å²) in [6.45, 7) is 3.83. The lowest BCUT2D eigenvalue weighted by atomic mass is 10.1. The average molecular weight is 499 g/mol. The Hall–Kier alpha value is -2.93. The maximum absolute atomic E-state index is 12.9. The fourth-order valence-corrected chi connectivity index (χ4v) is 4.12. The van der Waals surface area contributed by atoms with Gasteiger partial charge in [-0.2, -0.15) is 0 Å². The largest absolute Gasteiger partial charge is 0.404 e. The molecule has 0 radical (unpaired) electrons. The Morgan fingerprint density at radius 2 is 1.61 bits per heavy atom. The lowest BCUT2D eigenvalue weighted by Crippen LogP contribution is -2.20. The van der Waals surface area contributed by atoms with Gasteiger partial charge in [-0.15, -0.1) is 0 Å². The van der Waals surface area contributed by atoms with Crippen LogP contribution in [0.2, 0.25) is 10.0 Å². The molecule has 0 spiro atoms. The van der Waals surface area contributed by atoms with Gasteiger partial charge < -0.3 is 15.8 Å². The Labute approximate surface area is 208 Å². The summed E-state index contributed by atoms with van der Waals surface area (Å²) in [4.78, 5) is 18.4. The zero-order valence-corrected chi connectivity index (χ0v) is 20.6. The van der Waals surface area contributed by atoms with Crippen LogP contribution in [0.5, 0.6) is 0 Å². The van der Waals surface area contributed by atoms with Crippen LogP contribution in [0.3, 0.4) is 0 Å². The van der Waals surface area contributed by atoms with Crippen molar-refractivity contribution in [2.45, 2.75) is 25.2 Å². The smallest absolute Gasteiger partial charge is 0.258 e. The number of aliphatic imine (C=N–C) groups is 1. The third kappa shape index (κ3) is 7.02. The van der Waals surface area contributed by atoms with Crippen molar-refractivity contribution in [3.63, 3.8) is 0 Å². The maximum Gasteiger partial charge on any atom is 0.258 e. The number of carbonyl (C=O) groups excluding carboxylic acids is 1. The minimum atomic E-state index is -0.335. The Balaban J connectivity index is 1.74. The number of aryl methyl sites for hydroxylation is 1. The van der Waals surface area contributed by atoms with E-state index < -0.39 is 0 Å². The van der Waals surface area contributed by atoms with Crippen molar-refractivity contribution in [3.8, 4) is 0 Å². The van der Waals surface area contributed by atoms with Crippen LogP contribution < -0.4 is 15.8 Å². The van der Waals surface area contributed by atoms with Crippen LogP contribution in [0.4, 0.5) is 17.1 Å². The first-order valence-corrected chi connectivity index (χ1v) is 11.8. The molecule has 0 heterocycles. The van der Waals surface area contributed by atoms with Gasteiger partial charge in [0.15, 0.2) is 0 Å². The fourth-order valence-electron chi connectivity index (χ4n) is 2.98. The number of carbonyl (C=O) groups is 1. The van der Waals surface area contributed by atoms with E-state index in [0.29, 0.717) is 27.1 Å². The van der Waals surface area contributed by atoms with Gasteiger partial charge in [-0.1, -0.05) is 36.2 Å². The van der Waals surface area contributed by atoms with Crippen molar-refractivity contribution in [3.05, 3.63) is 94.1 Å². The third-order valence-electron chi connectivity index (χ3n) is 4.75. The van der Waals surface area contributed by atoms with Gasteiger partial charge in [-0.3, -0.25) is 9.79 Å². The molecule has 1 amide bonds. The number of halogens is 2. The number of nitrogens with zero attached hydrogens (tertiary/aromatic N) is 1. The Morgan fingerprint density at radius 1 is 1.00 bits per heavy atom. The van der Waals surface area contributed by atoms with Gasteiger partial charge in [0.25, 0.3) is 5.91 Å². The van der Waals surface area contributed by atoms with E-state index in [-0.39, 0.29) is 11.5 Å². The zero-order valence-electron chi connectivity index (χ0n) is 18.2. The summed E-state index contributed by atoms with van der Waals surface area (Å²) >= 11 is 13.4. The lowest BCUT2D eigenvalue weighted by molar-refractivity contribution is -0.112. The quantitative estimate of drug-likeness (QED) is 0.173. The highest BCUT2D eigenvalue weighted by Gasteiger charge is 2.14. The van der Waals surface area contributed by atoms with E-state index in [4.69, 9.17) is 28.9 Å². The molecule has 33 heavy (non-hydrogen) atoms. The monoisotopic (exact) mass is 498 g/mol. The summed E-state index contributed by atoms with van der Waals surface area (Å²) in [6.07, 6.45) is 2.13. The SMILES string of the molecule is CCc1ccc(NC(=O)/C(=C/N)C(C)=Nc2ccc(Cl)cc2)cc1SNc1ccc(Cl)cc1. The van der Waals surface area contributed by atoms with Crippen LogP contribution >= 0.6 is 35.1 Å². The second kappa shape index (κ2) is 11.8. The number of hydrogen-bond acceptors (Lipinski definition) is 5. The summed E-state index contributed by atoms with van der Waals surface area (Å²) < 4.78 is 3.31. The molecule has 0 unspecified atom stereocenters. The summed E-state index contributed by atoms with van der Waals surface area (Å²) in [7, 11) is 0. The van der Waals surface area contributed by atoms with Crippen LogP contribution in [0.1, 0.15) is 19.4 Å². The first kappa shape index (κ1) is 24.7. The van der Waals surface area contributed by atoms with E-state index in [0.717, 1.165) is 22.6 Å². The molecule has 0 aliphatic rings. The number of benzene rings is 3. The lowest BCUT2D eigenvalue weighted by Gasteiger charge is -2.13. The van der Waals surface area contributed by atoms with Gasteiger partial charge in [0.2, 0.25) is 0 Å². The first-order chi connectivity index (χ1) is 15.9. The Morgan fingerprint density at radius 3 is 2.21 bits per heavy atom. The van der Waals surface area contributed by atoms with Gasteiger partial charge in [-0.05, 0) is 91.5 Å². The molecule has 5 nitrogen and oxygen atoms in total. The molecule has 0 saturated heterocycles. The van der Waals surface area contributed by atoms with Crippen molar-refractivity contribution in [1.82, 2.24) is 0 Å². The second-order valence-electron chi connectivity index (χ2n) is 7.10. The maximum atomic E-state index is 12.9. The van der Waals surface area contributed by atoms with Crippen molar-refractivity contribution >= 4 is 63.8 Å². The normalized spacial score (nSPS) is 11.9. The highest BCUT2D eigenvalue weighted by molar-refractivity contribution is 8.00. The molecule has 3 aromatic carbocycles. The van der Waals surface area contributed by atoms with Crippen LogP contribution in [0.15, 0.2) is 88.4 Å². The van der Waals surface area contributed by atoms with Gasteiger partial charge in [0.05, 0.1) is 17.0 Å². The molecule has 4 N–H and O–H groups in total. The predicted octanol–water partition coefficient (Wildman–Crippen LogP) is 7.25.